The Bertz CT molecular complexity index is 1440. The number of aromatic nitrogens is 2. The monoisotopic (exact) mass is 465 g/mol. The standard InChI is InChI=1S/C20H14F3N3O5S/c21-20(22,23)31-14-6-2-7-15(11-14)32(28,29)26-12-4-1-5-13(10-12)30-17-9-3-8-16-18(17)25-19(27)24-16/h1-11,26H,(H2,24,25,27). The quantitative estimate of drug-likeness (QED) is 0.392. The maximum atomic E-state index is 12.6. The van der Waals surface area contributed by atoms with Crippen molar-refractivity contribution in [2.24, 2.45) is 0 Å². The summed E-state index contributed by atoms with van der Waals surface area (Å²) in [5.74, 6) is -0.0715. The summed E-state index contributed by atoms with van der Waals surface area (Å²) in [5, 5.41) is 0. The van der Waals surface area contributed by atoms with Gasteiger partial charge in [0.05, 0.1) is 16.1 Å². The maximum absolute atomic E-state index is 12.6. The van der Waals surface area contributed by atoms with Crippen LogP contribution in [0.15, 0.2) is 76.4 Å². The van der Waals surface area contributed by atoms with E-state index in [4.69, 9.17) is 4.74 Å². The van der Waals surface area contributed by atoms with Crippen LogP contribution in [0.4, 0.5) is 18.9 Å². The summed E-state index contributed by atoms with van der Waals surface area (Å²) in [6.07, 6.45) is -4.95. The van der Waals surface area contributed by atoms with Crippen molar-refractivity contribution in [2.75, 3.05) is 4.72 Å². The highest BCUT2D eigenvalue weighted by atomic mass is 32.2. The van der Waals surface area contributed by atoms with Crippen LogP contribution in [-0.4, -0.2) is 24.7 Å². The molecule has 0 saturated carbocycles. The molecule has 0 radical (unpaired) electrons. The first-order chi connectivity index (χ1) is 15.1. The summed E-state index contributed by atoms with van der Waals surface area (Å²) in [7, 11) is -4.22. The molecule has 12 heteroatoms. The smallest absolute Gasteiger partial charge is 0.455 e. The Balaban J connectivity index is 1.57. The minimum absolute atomic E-state index is 0.111. The molecule has 4 aromatic rings. The molecule has 32 heavy (non-hydrogen) atoms. The van der Waals surface area contributed by atoms with E-state index < -0.39 is 32.7 Å². The van der Waals surface area contributed by atoms with Gasteiger partial charge in [-0.1, -0.05) is 18.2 Å². The Morgan fingerprint density at radius 1 is 0.875 bits per heavy atom. The van der Waals surface area contributed by atoms with E-state index in [0.717, 1.165) is 24.3 Å². The van der Waals surface area contributed by atoms with E-state index in [9.17, 15) is 26.4 Å². The molecular formula is C20H14F3N3O5S. The third-order valence-corrected chi connectivity index (χ3v) is 5.56. The number of hydrogen-bond donors (Lipinski definition) is 3. The number of ether oxygens (including phenoxy) is 2. The van der Waals surface area contributed by atoms with E-state index >= 15 is 0 Å². The Morgan fingerprint density at radius 3 is 2.38 bits per heavy atom. The van der Waals surface area contributed by atoms with E-state index in [-0.39, 0.29) is 11.4 Å². The predicted molar refractivity (Wildman–Crippen MR) is 109 cm³/mol. The molecule has 8 nitrogen and oxygen atoms in total. The Hall–Kier alpha value is -3.93. The number of hydrogen-bond acceptors (Lipinski definition) is 5. The van der Waals surface area contributed by atoms with Crippen LogP contribution in [0.5, 0.6) is 17.2 Å². The molecular weight excluding hydrogens is 451 g/mol. The first-order valence-corrected chi connectivity index (χ1v) is 10.4. The fourth-order valence-electron chi connectivity index (χ4n) is 2.92. The van der Waals surface area contributed by atoms with E-state index in [1.54, 1.807) is 24.3 Å². The van der Waals surface area contributed by atoms with Gasteiger partial charge in [-0.25, -0.2) is 13.2 Å². The third-order valence-electron chi connectivity index (χ3n) is 4.18. The highest BCUT2D eigenvalue weighted by Gasteiger charge is 2.31. The molecule has 0 bridgehead atoms. The minimum atomic E-state index is -4.95. The number of benzene rings is 3. The number of H-pyrrole nitrogens is 2. The second-order valence-corrected chi connectivity index (χ2v) is 8.20. The van der Waals surface area contributed by atoms with E-state index in [0.29, 0.717) is 16.8 Å². The predicted octanol–water partition coefficient (Wildman–Crippen LogP) is 4.35. The number of aromatic amines is 2. The van der Waals surface area contributed by atoms with Crippen molar-refractivity contribution in [2.45, 2.75) is 11.3 Å². The number of alkyl halides is 3. The van der Waals surface area contributed by atoms with Crippen molar-refractivity contribution < 1.29 is 31.1 Å². The molecule has 1 heterocycles. The molecule has 0 aliphatic rings. The number of para-hydroxylation sites is 1. The Kier molecular flexibility index (Phi) is 5.30. The van der Waals surface area contributed by atoms with E-state index in [1.165, 1.54) is 18.2 Å². The number of halogens is 3. The van der Waals surface area contributed by atoms with Crippen LogP contribution in [0.3, 0.4) is 0 Å². The lowest BCUT2D eigenvalue weighted by Gasteiger charge is -2.12. The SMILES string of the molecule is O=c1[nH]c2cccc(Oc3cccc(NS(=O)(=O)c4cccc(OC(F)(F)F)c4)c3)c2[nH]1. The molecule has 0 fully saturated rings. The molecule has 1 aromatic heterocycles. The number of sulfonamides is 1. The third kappa shape index (κ3) is 4.86. The number of fused-ring (bicyclic) bond motifs is 1. The van der Waals surface area contributed by atoms with Gasteiger partial charge in [-0.15, -0.1) is 13.2 Å². The number of imidazole rings is 1. The first-order valence-electron chi connectivity index (χ1n) is 8.97. The molecule has 0 amide bonds. The van der Waals surface area contributed by atoms with Gasteiger partial charge in [0.25, 0.3) is 10.0 Å². The van der Waals surface area contributed by atoms with Crippen LogP contribution in [0.1, 0.15) is 0 Å². The Morgan fingerprint density at radius 2 is 1.59 bits per heavy atom. The van der Waals surface area contributed by atoms with Crippen molar-refractivity contribution in [3.8, 4) is 17.2 Å². The van der Waals surface area contributed by atoms with Crippen molar-refractivity contribution >= 4 is 26.7 Å². The van der Waals surface area contributed by atoms with Crippen LogP contribution in [-0.2, 0) is 10.0 Å². The van der Waals surface area contributed by atoms with Gasteiger partial charge < -0.3 is 19.4 Å². The number of rotatable bonds is 6. The van der Waals surface area contributed by atoms with Crippen LogP contribution < -0.4 is 19.9 Å². The molecule has 3 aromatic carbocycles. The average Bonchev–Trinajstić information content (AvgIpc) is 3.08. The van der Waals surface area contributed by atoms with Gasteiger partial charge in [-0.3, -0.25) is 4.72 Å². The molecule has 0 saturated heterocycles. The lowest BCUT2D eigenvalue weighted by atomic mass is 10.3. The van der Waals surface area contributed by atoms with Crippen LogP contribution >= 0.6 is 0 Å². The topological polar surface area (TPSA) is 113 Å². The number of nitrogens with one attached hydrogen (secondary N) is 3. The average molecular weight is 465 g/mol. The van der Waals surface area contributed by atoms with Gasteiger partial charge >= 0.3 is 12.1 Å². The highest BCUT2D eigenvalue weighted by molar-refractivity contribution is 7.92. The minimum Gasteiger partial charge on any atom is -0.455 e. The van der Waals surface area contributed by atoms with Gasteiger partial charge in [-0.2, -0.15) is 0 Å². The maximum Gasteiger partial charge on any atom is 0.573 e. The molecule has 4 rings (SSSR count). The molecule has 3 N–H and O–H groups in total. The molecule has 0 aliphatic carbocycles. The van der Waals surface area contributed by atoms with Gasteiger partial charge in [0, 0.05) is 12.1 Å². The largest absolute Gasteiger partial charge is 0.573 e. The highest BCUT2D eigenvalue weighted by Crippen LogP contribution is 2.30. The van der Waals surface area contributed by atoms with Crippen molar-refractivity contribution in [3.63, 3.8) is 0 Å². The van der Waals surface area contributed by atoms with E-state index in [1.807, 2.05) is 0 Å². The summed E-state index contributed by atoms with van der Waals surface area (Å²) in [6, 6.07) is 14.9. The van der Waals surface area contributed by atoms with Gasteiger partial charge in [0.1, 0.15) is 17.0 Å². The molecule has 0 aliphatic heterocycles. The van der Waals surface area contributed by atoms with Crippen molar-refractivity contribution in [1.29, 1.82) is 0 Å². The molecule has 0 spiro atoms. The summed E-state index contributed by atoms with van der Waals surface area (Å²) < 4.78 is 74.3. The summed E-state index contributed by atoms with van der Waals surface area (Å²) in [5.41, 5.74) is 0.670. The first kappa shape index (κ1) is 21.3. The fraction of sp³-hybridized carbons (Fsp3) is 0.0500. The Labute approximate surface area is 178 Å². The zero-order chi connectivity index (χ0) is 22.9. The second kappa shape index (κ2) is 7.96. The van der Waals surface area contributed by atoms with Crippen LogP contribution in [0, 0.1) is 0 Å². The molecule has 0 unspecified atom stereocenters. The van der Waals surface area contributed by atoms with Crippen molar-refractivity contribution in [1.82, 2.24) is 9.97 Å². The second-order valence-electron chi connectivity index (χ2n) is 6.52. The summed E-state index contributed by atoms with van der Waals surface area (Å²) in [4.78, 5) is 16.3. The normalized spacial score (nSPS) is 12.0. The van der Waals surface area contributed by atoms with Crippen LogP contribution in [0.2, 0.25) is 0 Å². The lowest BCUT2D eigenvalue weighted by Crippen LogP contribution is -2.18. The summed E-state index contributed by atoms with van der Waals surface area (Å²) in [6.45, 7) is 0. The zero-order valence-electron chi connectivity index (χ0n) is 15.9. The molecule has 166 valence electrons. The van der Waals surface area contributed by atoms with Gasteiger partial charge in [-0.05, 0) is 36.4 Å². The summed E-state index contributed by atoms with van der Waals surface area (Å²) >= 11 is 0. The van der Waals surface area contributed by atoms with E-state index in [2.05, 4.69) is 19.4 Å². The van der Waals surface area contributed by atoms with Gasteiger partial charge in [0.15, 0.2) is 5.75 Å². The van der Waals surface area contributed by atoms with Gasteiger partial charge in [0.2, 0.25) is 0 Å². The lowest BCUT2D eigenvalue weighted by molar-refractivity contribution is -0.274. The molecule has 0 atom stereocenters. The van der Waals surface area contributed by atoms with Crippen molar-refractivity contribution in [3.05, 3.63) is 77.2 Å². The number of anilines is 1. The van der Waals surface area contributed by atoms with Crippen LogP contribution in [0.25, 0.3) is 11.0 Å². The fourth-order valence-corrected chi connectivity index (χ4v) is 4.00. The zero-order valence-corrected chi connectivity index (χ0v) is 16.8.